The van der Waals surface area contributed by atoms with Gasteiger partial charge in [0.1, 0.15) is 17.5 Å². The summed E-state index contributed by atoms with van der Waals surface area (Å²) in [6.45, 7) is 12.8. The van der Waals surface area contributed by atoms with E-state index in [1.807, 2.05) is 37.2 Å². The molecule has 2 aliphatic rings. The Morgan fingerprint density at radius 3 is 2.20 bits per heavy atom. The van der Waals surface area contributed by atoms with Crippen LogP contribution in [0, 0.1) is 16.6 Å². The van der Waals surface area contributed by atoms with E-state index >= 15 is 4.39 Å². The first-order chi connectivity index (χ1) is 18.6. The number of rotatable bonds is 5. The van der Waals surface area contributed by atoms with Gasteiger partial charge in [0.15, 0.2) is 0 Å². The number of carbonyl (C=O) groups excluding carboxylic acids is 3. The number of nitrogens with zero attached hydrogens (tertiary/aromatic N) is 2. The van der Waals surface area contributed by atoms with Gasteiger partial charge in [-0.25, -0.2) is 9.18 Å². The van der Waals surface area contributed by atoms with E-state index in [-0.39, 0.29) is 29.1 Å². The molecule has 0 amide bonds. The maximum absolute atomic E-state index is 15.7. The lowest BCUT2D eigenvalue weighted by atomic mass is 9.92. The summed E-state index contributed by atoms with van der Waals surface area (Å²) in [4.78, 5) is 52.5. The predicted molar refractivity (Wildman–Crippen MR) is 148 cm³/mol. The molecule has 0 aliphatic carbocycles. The minimum atomic E-state index is -0.937. The van der Waals surface area contributed by atoms with Gasteiger partial charge < -0.3 is 23.7 Å². The number of esters is 3. The number of halogens is 1. The zero-order valence-electron chi connectivity index (χ0n) is 24.4. The van der Waals surface area contributed by atoms with Crippen molar-refractivity contribution in [3.8, 4) is 0 Å². The molecular weight excluding hydrogens is 519 g/mol. The maximum Gasteiger partial charge on any atom is 0.346 e. The van der Waals surface area contributed by atoms with Crippen LogP contribution in [0.25, 0.3) is 10.9 Å². The number of aryl methyl sites for hydroxylation is 1. The third-order valence-electron chi connectivity index (χ3n) is 7.48. The second kappa shape index (κ2) is 10.9. The molecule has 2 aliphatic heterocycles. The Hall–Kier alpha value is -3.43. The van der Waals surface area contributed by atoms with Crippen molar-refractivity contribution >= 4 is 34.5 Å². The van der Waals surface area contributed by atoms with E-state index in [9.17, 15) is 19.2 Å². The normalized spacial score (nSPS) is 18.0. The minimum Gasteiger partial charge on any atom is -0.462 e. The molecule has 40 heavy (non-hydrogen) atoms. The molecule has 3 heterocycles. The zero-order chi connectivity index (χ0) is 29.6. The topological polar surface area (TPSA) is 104 Å². The van der Waals surface area contributed by atoms with Crippen LogP contribution in [0.1, 0.15) is 89.7 Å². The van der Waals surface area contributed by atoms with Gasteiger partial charge in [0.25, 0.3) is 0 Å². The van der Waals surface area contributed by atoms with Gasteiger partial charge in [-0.15, -0.1) is 0 Å². The van der Waals surface area contributed by atoms with Crippen molar-refractivity contribution in [2.24, 2.45) is 10.8 Å². The molecule has 0 N–H and O–H groups in total. The van der Waals surface area contributed by atoms with Gasteiger partial charge in [0, 0.05) is 49.1 Å². The molecule has 0 spiro atoms. The lowest BCUT2D eigenvalue weighted by Crippen LogP contribution is -2.40. The fraction of sp³-hybridized carbons (Fsp3) is 0.600. The molecule has 2 aromatic rings. The van der Waals surface area contributed by atoms with Crippen LogP contribution in [0.4, 0.5) is 10.1 Å². The maximum atomic E-state index is 15.7. The Kier molecular flexibility index (Phi) is 8.02. The van der Waals surface area contributed by atoms with E-state index in [2.05, 4.69) is 0 Å². The van der Waals surface area contributed by atoms with Gasteiger partial charge in [-0.05, 0) is 67.4 Å². The molecule has 1 atom stereocenters. The molecule has 1 aromatic heterocycles. The molecule has 1 saturated heterocycles. The minimum absolute atomic E-state index is 0.0401. The summed E-state index contributed by atoms with van der Waals surface area (Å²) in [5.41, 5.74) is -0.440. The smallest absolute Gasteiger partial charge is 0.346 e. The Morgan fingerprint density at radius 2 is 1.60 bits per heavy atom. The van der Waals surface area contributed by atoms with Crippen molar-refractivity contribution < 1.29 is 33.0 Å². The molecule has 218 valence electrons. The van der Waals surface area contributed by atoms with Gasteiger partial charge >= 0.3 is 17.9 Å². The highest BCUT2D eigenvalue weighted by molar-refractivity contribution is 5.96. The SMILES string of the molecule is C[C@H]1CCc2c(N3CCC(OC(=O)C(C)(C)C)CC3)c(F)cc3c(=O)c(C(=O)OCOC(=O)C(C)(C)C)cn1c23. The van der Waals surface area contributed by atoms with Gasteiger partial charge in [0.05, 0.1) is 22.0 Å². The number of benzene rings is 1. The molecule has 10 heteroatoms. The Morgan fingerprint density at radius 1 is 0.975 bits per heavy atom. The average Bonchev–Trinajstić information content (AvgIpc) is 2.86. The van der Waals surface area contributed by atoms with Crippen molar-refractivity contribution in [2.45, 2.75) is 86.3 Å². The molecule has 1 aromatic carbocycles. The summed E-state index contributed by atoms with van der Waals surface area (Å²) in [6.07, 6.45) is 3.66. The number of ether oxygens (including phenoxy) is 3. The number of carbonyl (C=O) groups is 3. The average molecular weight is 559 g/mol. The number of hydrogen-bond donors (Lipinski definition) is 0. The van der Waals surface area contributed by atoms with Crippen LogP contribution in [-0.2, 0) is 30.2 Å². The first-order valence-electron chi connectivity index (χ1n) is 13.8. The second-order valence-corrected chi connectivity index (χ2v) is 12.8. The van der Waals surface area contributed by atoms with Crippen LogP contribution in [-0.4, -0.2) is 48.5 Å². The van der Waals surface area contributed by atoms with Crippen LogP contribution >= 0.6 is 0 Å². The Labute approximate surface area is 233 Å². The van der Waals surface area contributed by atoms with E-state index in [1.165, 1.54) is 12.3 Å². The first-order valence-corrected chi connectivity index (χ1v) is 13.8. The Bertz CT molecular complexity index is 1390. The van der Waals surface area contributed by atoms with E-state index < -0.39 is 40.8 Å². The second-order valence-electron chi connectivity index (χ2n) is 12.8. The lowest BCUT2D eigenvalue weighted by Gasteiger charge is -2.37. The highest BCUT2D eigenvalue weighted by atomic mass is 19.1. The lowest BCUT2D eigenvalue weighted by molar-refractivity contribution is -0.161. The van der Waals surface area contributed by atoms with Crippen molar-refractivity contribution in [2.75, 3.05) is 24.8 Å². The summed E-state index contributed by atoms with van der Waals surface area (Å²) in [5.74, 6) is -2.27. The zero-order valence-corrected chi connectivity index (χ0v) is 24.4. The highest BCUT2D eigenvalue weighted by Gasteiger charge is 2.33. The number of anilines is 1. The summed E-state index contributed by atoms with van der Waals surface area (Å²) < 4.78 is 33.3. The van der Waals surface area contributed by atoms with Gasteiger partial charge in [0.2, 0.25) is 12.2 Å². The van der Waals surface area contributed by atoms with Crippen molar-refractivity contribution in [1.29, 1.82) is 0 Å². The molecular formula is C30H39FN2O7. The molecule has 9 nitrogen and oxygen atoms in total. The van der Waals surface area contributed by atoms with Crippen LogP contribution in [0.2, 0.25) is 0 Å². The fourth-order valence-corrected chi connectivity index (χ4v) is 5.08. The Balaban J connectivity index is 1.62. The van der Waals surface area contributed by atoms with Crippen LogP contribution in [0.15, 0.2) is 17.1 Å². The van der Waals surface area contributed by atoms with Crippen LogP contribution in [0.3, 0.4) is 0 Å². The van der Waals surface area contributed by atoms with Gasteiger partial charge in [-0.1, -0.05) is 0 Å². The number of piperidine rings is 1. The molecule has 0 unspecified atom stereocenters. The van der Waals surface area contributed by atoms with Crippen LogP contribution < -0.4 is 10.3 Å². The number of aromatic nitrogens is 1. The van der Waals surface area contributed by atoms with Crippen LogP contribution in [0.5, 0.6) is 0 Å². The third kappa shape index (κ3) is 5.86. The predicted octanol–water partition coefficient (Wildman–Crippen LogP) is 4.91. The van der Waals surface area contributed by atoms with Crippen molar-refractivity contribution in [3.05, 3.63) is 39.4 Å². The summed E-state index contributed by atoms with van der Waals surface area (Å²) >= 11 is 0. The largest absolute Gasteiger partial charge is 0.462 e. The standard InChI is InChI=1S/C30H39FN2O7/c1-17-8-9-19-23-20(25(34)21(15-33(17)23)26(35)38-16-39-27(36)29(2,3)4)14-22(31)24(19)32-12-10-18(11-13-32)40-28(37)30(5,6)7/h14-15,17-18H,8-13,16H2,1-7H3/t17-/m0/s1. The van der Waals surface area contributed by atoms with Crippen molar-refractivity contribution in [3.63, 3.8) is 0 Å². The first kappa shape index (κ1) is 29.6. The summed E-state index contributed by atoms with van der Waals surface area (Å²) in [6, 6.07) is 1.16. The van der Waals surface area contributed by atoms with E-state index in [0.29, 0.717) is 50.0 Å². The van der Waals surface area contributed by atoms with Crippen molar-refractivity contribution in [1.82, 2.24) is 4.57 Å². The number of hydrogen-bond acceptors (Lipinski definition) is 8. The molecule has 4 rings (SSSR count). The quantitative estimate of drug-likeness (QED) is 0.377. The third-order valence-corrected chi connectivity index (χ3v) is 7.48. The monoisotopic (exact) mass is 558 g/mol. The molecule has 1 fully saturated rings. The number of pyridine rings is 1. The van der Waals surface area contributed by atoms with E-state index in [1.54, 1.807) is 20.8 Å². The van der Waals surface area contributed by atoms with E-state index in [0.717, 1.165) is 5.56 Å². The summed E-state index contributed by atoms with van der Waals surface area (Å²) in [7, 11) is 0. The van der Waals surface area contributed by atoms with Gasteiger partial charge in [-0.2, -0.15) is 0 Å². The van der Waals surface area contributed by atoms with E-state index in [4.69, 9.17) is 14.2 Å². The highest BCUT2D eigenvalue weighted by Crippen LogP contribution is 2.39. The molecule has 0 saturated carbocycles. The van der Waals surface area contributed by atoms with Gasteiger partial charge in [-0.3, -0.25) is 14.4 Å². The fourth-order valence-electron chi connectivity index (χ4n) is 5.08. The molecule has 0 bridgehead atoms. The molecule has 0 radical (unpaired) electrons. The summed E-state index contributed by atoms with van der Waals surface area (Å²) in [5, 5.41) is 0.109.